The number of halogens is 3. The highest BCUT2D eigenvalue weighted by Crippen LogP contribution is 2.20. The summed E-state index contributed by atoms with van der Waals surface area (Å²) < 4.78 is 18.5. The molecule has 1 amide bonds. The highest BCUT2D eigenvalue weighted by molar-refractivity contribution is 7.13. The van der Waals surface area contributed by atoms with Crippen LogP contribution in [0.4, 0.5) is 4.39 Å². The van der Waals surface area contributed by atoms with E-state index in [1.54, 1.807) is 12.1 Å². The van der Waals surface area contributed by atoms with Crippen LogP contribution in [0.25, 0.3) is 0 Å². The van der Waals surface area contributed by atoms with Gasteiger partial charge in [0.05, 0.1) is 5.69 Å². The molecule has 5 nitrogen and oxygen atoms in total. The first kappa shape index (κ1) is 23.4. The van der Waals surface area contributed by atoms with Crippen molar-refractivity contribution in [2.45, 2.75) is 20.0 Å². The molecule has 1 aromatic heterocycles. The smallest absolute Gasteiger partial charge is 0.263 e. The molecule has 0 unspecified atom stereocenters. The van der Waals surface area contributed by atoms with E-state index in [1.165, 1.54) is 29.0 Å². The summed E-state index contributed by atoms with van der Waals surface area (Å²) in [7, 11) is 0. The fourth-order valence-electron chi connectivity index (χ4n) is 2.50. The van der Waals surface area contributed by atoms with Crippen LogP contribution < -0.4 is 15.4 Å². The van der Waals surface area contributed by atoms with Crippen molar-refractivity contribution in [1.82, 2.24) is 15.6 Å². The van der Waals surface area contributed by atoms with E-state index in [-0.39, 0.29) is 43.1 Å². The van der Waals surface area contributed by atoms with Crippen LogP contribution in [0.3, 0.4) is 0 Å². The number of carbonyl (C=O) groups excluding carboxylic acids is 1. The molecule has 9 heteroatoms. The number of hydrogen-bond acceptors (Lipinski definition) is 5. The number of ether oxygens (including phenoxy) is 1. The summed E-state index contributed by atoms with van der Waals surface area (Å²) in [6.45, 7) is 4.44. The van der Waals surface area contributed by atoms with Gasteiger partial charge < -0.3 is 15.4 Å². The lowest BCUT2D eigenvalue weighted by Crippen LogP contribution is -2.29. The van der Waals surface area contributed by atoms with Gasteiger partial charge in [0, 0.05) is 13.1 Å². The molecule has 2 N–H and O–H groups in total. The van der Waals surface area contributed by atoms with Crippen LogP contribution in [-0.2, 0) is 6.61 Å². The summed E-state index contributed by atoms with van der Waals surface area (Å²) in [6.07, 6.45) is 3.07. The topological polar surface area (TPSA) is 63.2 Å². The zero-order chi connectivity index (χ0) is 17.6. The van der Waals surface area contributed by atoms with E-state index in [0.717, 1.165) is 19.5 Å². The molecule has 0 atom stereocenters. The molecule has 27 heavy (non-hydrogen) atoms. The molecule has 0 spiro atoms. The molecule has 148 valence electrons. The molecule has 2 heterocycles. The van der Waals surface area contributed by atoms with Gasteiger partial charge in [0.1, 0.15) is 28.1 Å². The van der Waals surface area contributed by atoms with Gasteiger partial charge in [0.15, 0.2) is 0 Å². The molecule has 0 saturated heterocycles. The normalized spacial score (nSPS) is 13.0. The fraction of sp³-hybridized carbons (Fsp3) is 0.333. The van der Waals surface area contributed by atoms with Crippen molar-refractivity contribution >= 4 is 42.1 Å². The maximum atomic E-state index is 12.9. The van der Waals surface area contributed by atoms with Crippen molar-refractivity contribution in [3.63, 3.8) is 0 Å². The molecule has 3 rings (SSSR count). The minimum atomic E-state index is -0.305. The molecule has 1 aliphatic heterocycles. The zero-order valence-corrected chi connectivity index (χ0v) is 17.2. The third kappa shape index (κ3) is 6.77. The van der Waals surface area contributed by atoms with Crippen LogP contribution >= 0.6 is 36.2 Å². The maximum absolute atomic E-state index is 12.9. The van der Waals surface area contributed by atoms with Gasteiger partial charge >= 0.3 is 0 Å². The highest BCUT2D eigenvalue weighted by Gasteiger charge is 2.16. The first-order valence-electron chi connectivity index (χ1n) is 8.13. The van der Waals surface area contributed by atoms with E-state index in [0.29, 0.717) is 27.9 Å². The average molecular weight is 434 g/mol. The Bertz CT molecular complexity index is 781. The lowest BCUT2D eigenvalue weighted by Gasteiger charge is -2.14. The second-order valence-corrected chi connectivity index (χ2v) is 6.85. The van der Waals surface area contributed by atoms with Gasteiger partial charge in [-0.3, -0.25) is 4.79 Å². The van der Waals surface area contributed by atoms with E-state index in [2.05, 4.69) is 21.7 Å². The van der Waals surface area contributed by atoms with Gasteiger partial charge in [-0.25, -0.2) is 9.37 Å². The first-order valence-corrected chi connectivity index (χ1v) is 8.95. The molecule has 1 aromatic carbocycles. The molecule has 2 aromatic rings. The molecule has 0 fully saturated rings. The molecule has 0 radical (unpaired) electrons. The van der Waals surface area contributed by atoms with Crippen LogP contribution in [-0.4, -0.2) is 30.5 Å². The van der Waals surface area contributed by atoms with Crippen LogP contribution in [0, 0.1) is 12.7 Å². The summed E-state index contributed by atoms with van der Waals surface area (Å²) in [5.41, 5.74) is 1.94. The number of hydrogen-bond donors (Lipinski definition) is 2. The minimum Gasteiger partial charge on any atom is -0.486 e. The molecule has 0 saturated carbocycles. The lowest BCUT2D eigenvalue weighted by atomic mass is 10.1. The summed E-state index contributed by atoms with van der Waals surface area (Å²) in [5, 5.41) is 6.92. The standard InChI is InChI=1S/C18H20FN3O2S.2ClH/c1-12-17(18(23)21-10-13-6-8-20-9-7-13)25-16(22-12)11-24-15-4-2-14(19)3-5-15;;/h2-6,20H,7-11H2,1H3,(H,21,23);2*1H. The monoisotopic (exact) mass is 433 g/mol. The Labute approximate surface area is 174 Å². The van der Waals surface area contributed by atoms with E-state index < -0.39 is 0 Å². The number of amides is 1. The highest BCUT2D eigenvalue weighted by atomic mass is 35.5. The van der Waals surface area contributed by atoms with Crippen LogP contribution in [0.15, 0.2) is 35.9 Å². The Balaban J connectivity index is 0.00000182. The number of nitrogens with zero attached hydrogens (tertiary/aromatic N) is 1. The van der Waals surface area contributed by atoms with Gasteiger partial charge in [0.25, 0.3) is 5.91 Å². The Morgan fingerprint density at radius 1 is 1.33 bits per heavy atom. The van der Waals surface area contributed by atoms with E-state index in [4.69, 9.17) is 4.74 Å². The zero-order valence-electron chi connectivity index (χ0n) is 14.8. The van der Waals surface area contributed by atoms with Crippen molar-refractivity contribution in [2.24, 2.45) is 0 Å². The predicted octanol–water partition coefficient (Wildman–Crippen LogP) is 3.66. The van der Waals surface area contributed by atoms with Gasteiger partial charge in [-0.05, 0) is 44.2 Å². The third-order valence-corrected chi connectivity index (χ3v) is 4.99. The quantitative estimate of drug-likeness (QED) is 0.682. The maximum Gasteiger partial charge on any atom is 0.263 e. The largest absolute Gasteiger partial charge is 0.486 e. The Kier molecular flexibility index (Phi) is 9.73. The number of nitrogens with one attached hydrogen (secondary N) is 2. The number of aromatic nitrogens is 1. The van der Waals surface area contributed by atoms with Gasteiger partial charge in [-0.15, -0.1) is 36.2 Å². The second kappa shape index (κ2) is 11.2. The van der Waals surface area contributed by atoms with Crippen LogP contribution in [0.5, 0.6) is 5.75 Å². The fourth-order valence-corrected chi connectivity index (χ4v) is 3.40. The molecular weight excluding hydrogens is 412 g/mol. The number of aryl methyl sites for hydroxylation is 1. The molecule has 0 bridgehead atoms. The SMILES string of the molecule is Cc1nc(COc2ccc(F)cc2)sc1C(=O)NCC1=CCNCC1.Cl.Cl. The predicted molar refractivity (Wildman–Crippen MR) is 110 cm³/mol. The summed E-state index contributed by atoms with van der Waals surface area (Å²) in [4.78, 5) is 17.4. The average Bonchev–Trinajstić information content (AvgIpc) is 3.01. The van der Waals surface area contributed by atoms with Crippen LogP contribution in [0.2, 0.25) is 0 Å². The van der Waals surface area contributed by atoms with Crippen molar-refractivity contribution in [3.8, 4) is 5.75 Å². The Morgan fingerprint density at radius 2 is 2.07 bits per heavy atom. The Morgan fingerprint density at radius 3 is 2.74 bits per heavy atom. The first-order chi connectivity index (χ1) is 12.1. The van der Waals surface area contributed by atoms with Crippen molar-refractivity contribution < 1.29 is 13.9 Å². The number of benzene rings is 1. The van der Waals surface area contributed by atoms with Gasteiger partial charge in [-0.1, -0.05) is 11.6 Å². The molecule has 1 aliphatic rings. The lowest BCUT2D eigenvalue weighted by molar-refractivity contribution is 0.0960. The molecular formula is C18H22Cl2FN3O2S. The Hall–Kier alpha value is -1.67. The number of thiazole rings is 1. The summed E-state index contributed by atoms with van der Waals surface area (Å²) in [6, 6.07) is 5.82. The van der Waals surface area contributed by atoms with Crippen molar-refractivity contribution in [3.05, 3.63) is 57.3 Å². The van der Waals surface area contributed by atoms with Crippen molar-refractivity contribution in [1.29, 1.82) is 0 Å². The van der Waals surface area contributed by atoms with E-state index in [9.17, 15) is 9.18 Å². The van der Waals surface area contributed by atoms with E-state index >= 15 is 0 Å². The summed E-state index contributed by atoms with van der Waals surface area (Å²) in [5.74, 6) is 0.154. The van der Waals surface area contributed by atoms with Gasteiger partial charge in [0.2, 0.25) is 0 Å². The second-order valence-electron chi connectivity index (χ2n) is 5.76. The van der Waals surface area contributed by atoms with Crippen LogP contribution in [0.1, 0.15) is 26.8 Å². The number of rotatable bonds is 6. The molecule has 0 aliphatic carbocycles. The van der Waals surface area contributed by atoms with Gasteiger partial charge in [-0.2, -0.15) is 0 Å². The van der Waals surface area contributed by atoms with Crippen molar-refractivity contribution in [2.75, 3.05) is 19.6 Å². The third-order valence-electron chi connectivity index (χ3n) is 3.86. The van der Waals surface area contributed by atoms with E-state index in [1.807, 2.05) is 6.92 Å². The summed E-state index contributed by atoms with van der Waals surface area (Å²) >= 11 is 1.32. The minimum absolute atomic E-state index is 0. The number of carbonyl (C=O) groups is 1.